The number of rotatable bonds is 8. The third-order valence-corrected chi connectivity index (χ3v) is 2.80. The average molecular weight is 258 g/mol. The fourth-order valence-corrected chi connectivity index (χ4v) is 2.26. The van der Waals surface area contributed by atoms with Crippen LogP contribution in [0.2, 0.25) is 0 Å². The maximum atomic E-state index is 12.2. The zero-order valence-corrected chi connectivity index (χ0v) is 12.7. The van der Waals surface area contributed by atoms with Crippen LogP contribution in [0.5, 0.6) is 0 Å². The van der Waals surface area contributed by atoms with Crippen LogP contribution in [0.15, 0.2) is 0 Å². The Labute approximate surface area is 112 Å². The van der Waals surface area contributed by atoms with E-state index in [1.165, 1.54) is 0 Å². The van der Waals surface area contributed by atoms with Gasteiger partial charge in [-0.2, -0.15) is 0 Å². The van der Waals surface area contributed by atoms with Gasteiger partial charge >= 0.3 is 0 Å². The van der Waals surface area contributed by atoms with Crippen molar-refractivity contribution < 1.29 is 9.53 Å². The van der Waals surface area contributed by atoms with Crippen LogP contribution in [0.25, 0.3) is 0 Å². The van der Waals surface area contributed by atoms with Crippen LogP contribution in [-0.2, 0) is 9.53 Å². The van der Waals surface area contributed by atoms with Crippen molar-refractivity contribution in [3.8, 4) is 0 Å². The smallest absolute Gasteiger partial charge is 0.222 e. The van der Waals surface area contributed by atoms with Gasteiger partial charge in [-0.05, 0) is 17.8 Å². The van der Waals surface area contributed by atoms with Gasteiger partial charge in [-0.1, -0.05) is 27.7 Å². The Morgan fingerprint density at radius 1 is 1.33 bits per heavy atom. The molecule has 0 aromatic heterocycles. The molecular formula is C14H30N2O2. The average Bonchev–Trinajstić information content (AvgIpc) is 2.21. The Balaban J connectivity index is 4.23. The molecule has 18 heavy (non-hydrogen) atoms. The lowest BCUT2D eigenvalue weighted by Crippen LogP contribution is -2.38. The number of hydrogen-bond donors (Lipinski definition) is 1. The molecule has 108 valence electrons. The van der Waals surface area contributed by atoms with Crippen LogP contribution in [0.4, 0.5) is 0 Å². The van der Waals surface area contributed by atoms with Crippen LogP contribution in [0.1, 0.15) is 40.5 Å². The maximum Gasteiger partial charge on any atom is 0.222 e. The van der Waals surface area contributed by atoms with E-state index in [0.717, 1.165) is 6.42 Å². The van der Waals surface area contributed by atoms with E-state index < -0.39 is 0 Å². The Morgan fingerprint density at radius 3 is 2.39 bits per heavy atom. The summed E-state index contributed by atoms with van der Waals surface area (Å²) in [7, 11) is 1.65. The number of methoxy groups -OCH3 is 1. The van der Waals surface area contributed by atoms with E-state index in [0.29, 0.717) is 38.6 Å². The first-order valence-electron chi connectivity index (χ1n) is 6.77. The molecule has 4 nitrogen and oxygen atoms in total. The highest BCUT2D eigenvalue weighted by Gasteiger charge is 2.20. The number of carbonyl (C=O) groups is 1. The topological polar surface area (TPSA) is 55.6 Å². The molecule has 0 aliphatic carbocycles. The van der Waals surface area contributed by atoms with Crippen molar-refractivity contribution in [1.29, 1.82) is 0 Å². The SMILES string of the molecule is COCCN(CCN)C(=O)CC(C)CC(C)(C)C. The van der Waals surface area contributed by atoms with Crippen LogP contribution in [-0.4, -0.2) is 44.2 Å². The first kappa shape index (κ1) is 17.4. The molecule has 1 atom stereocenters. The zero-order valence-electron chi connectivity index (χ0n) is 12.7. The Bertz CT molecular complexity index is 236. The molecular weight excluding hydrogens is 228 g/mol. The molecule has 0 aliphatic heterocycles. The van der Waals surface area contributed by atoms with Crippen LogP contribution < -0.4 is 5.73 Å². The third kappa shape index (κ3) is 8.48. The summed E-state index contributed by atoms with van der Waals surface area (Å²) in [5.41, 5.74) is 5.81. The number of ether oxygens (including phenoxy) is 1. The van der Waals surface area contributed by atoms with Crippen molar-refractivity contribution in [2.24, 2.45) is 17.1 Å². The summed E-state index contributed by atoms with van der Waals surface area (Å²) in [6.45, 7) is 11.1. The van der Waals surface area contributed by atoms with Gasteiger partial charge in [0.1, 0.15) is 0 Å². The van der Waals surface area contributed by atoms with Crippen molar-refractivity contribution in [2.75, 3.05) is 33.4 Å². The normalized spacial score (nSPS) is 13.4. The molecule has 0 fully saturated rings. The maximum absolute atomic E-state index is 12.2. The van der Waals surface area contributed by atoms with Gasteiger partial charge in [0.15, 0.2) is 0 Å². The van der Waals surface area contributed by atoms with Crippen LogP contribution in [0.3, 0.4) is 0 Å². The molecule has 0 radical (unpaired) electrons. The first-order valence-corrected chi connectivity index (χ1v) is 6.77. The largest absolute Gasteiger partial charge is 0.383 e. The van der Waals surface area contributed by atoms with E-state index in [1.807, 2.05) is 4.90 Å². The summed E-state index contributed by atoms with van der Waals surface area (Å²) in [5.74, 6) is 0.592. The molecule has 1 amide bonds. The predicted octanol–water partition coefficient (Wildman–Crippen LogP) is 1.88. The van der Waals surface area contributed by atoms with E-state index in [1.54, 1.807) is 7.11 Å². The van der Waals surface area contributed by atoms with E-state index in [4.69, 9.17) is 10.5 Å². The van der Waals surface area contributed by atoms with Crippen molar-refractivity contribution in [1.82, 2.24) is 4.90 Å². The molecule has 1 unspecified atom stereocenters. The molecule has 0 aliphatic rings. The summed E-state index contributed by atoms with van der Waals surface area (Å²) in [4.78, 5) is 14.0. The zero-order chi connectivity index (χ0) is 14.2. The lowest BCUT2D eigenvalue weighted by atomic mass is 9.84. The Morgan fingerprint density at radius 2 is 1.94 bits per heavy atom. The van der Waals surface area contributed by atoms with Gasteiger partial charge in [0.05, 0.1) is 6.61 Å². The molecule has 0 heterocycles. The second-order valence-corrected chi connectivity index (χ2v) is 6.24. The molecule has 0 rings (SSSR count). The Kier molecular flexibility index (Phi) is 8.20. The number of carbonyl (C=O) groups excluding carboxylic acids is 1. The minimum Gasteiger partial charge on any atom is -0.383 e. The minimum atomic E-state index is 0.189. The fraction of sp³-hybridized carbons (Fsp3) is 0.929. The fourth-order valence-electron chi connectivity index (χ4n) is 2.26. The van der Waals surface area contributed by atoms with E-state index >= 15 is 0 Å². The monoisotopic (exact) mass is 258 g/mol. The summed E-state index contributed by atoms with van der Waals surface area (Å²) in [6.07, 6.45) is 1.65. The molecule has 2 N–H and O–H groups in total. The highest BCUT2D eigenvalue weighted by Crippen LogP contribution is 2.26. The highest BCUT2D eigenvalue weighted by atomic mass is 16.5. The van der Waals surface area contributed by atoms with Crippen molar-refractivity contribution in [2.45, 2.75) is 40.5 Å². The van der Waals surface area contributed by atoms with Gasteiger partial charge in [0.2, 0.25) is 5.91 Å². The van der Waals surface area contributed by atoms with Crippen LogP contribution in [0, 0.1) is 11.3 Å². The summed E-state index contributed by atoms with van der Waals surface area (Å²) >= 11 is 0. The lowest BCUT2D eigenvalue weighted by molar-refractivity contribution is -0.132. The number of nitrogens with zero attached hydrogens (tertiary/aromatic N) is 1. The third-order valence-electron chi connectivity index (χ3n) is 2.80. The van der Waals surface area contributed by atoms with Crippen molar-refractivity contribution in [3.63, 3.8) is 0 Å². The van der Waals surface area contributed by atoms with Crippen molar-refractivity contribution >= 4 is 5.91 Å². The molecule has 0 saturated carbocycles. The minimum absolute atomic E-state index is 0.189. The van der Waals surface area contributed by atoms with Gasteiger partial charge in [0, 0.05) is 33.2 Å². The molecule has 4 heteroatoms. The molecule has 0 saturated heterocycles. The quantitative estimate of drug-likeness (QED) is 0.723. The van der Waals surface area contributed by atoms with Gasteiger partial charge < -0.3 is 15.4 Å². The molecule has 0 bridgehead atoms. The summed E-state index contributed by atoms with van der Waals surface area (Å²) < 4.78 is 5.02. The van der Waals surface area contributed by atoms with E-state index in [-0.39, 0.29) is 11.3 Å². The number of nitrogens with two attached hydrogens (primary N) is 1. The highest BCUT2D eigenvalue weighted by molar-refractivity contribution is 5.76. The van der Waals surface area contributed by atoms with Gasteiger partial charge in [-0.25, -0.2) is 0 Å². The van der Waals surface area contributed by atoms with Gasteiger partial charge in [-0.15, -0.1) is 0 Å². The van der Waals surface area contributed by atoms with Crippen molar-refractivity contribution in [3.05, 3.63) is 0 Å². The molecule has 0 aromatic carbocycles. The van der Waals surface area contributed by atoms with Gasteiger partial charge in [-0.3, -0.25) is 4.79 Å². The molecule has 0 aromatic rings. The second-order valence-electron chi connectivity index (χ2n) is 6.24. The summed E-state index contributed by atoms with van der Waals surface area (Å²) in [6, 6.07) is 0. The van der Waals surface area contributed by atoms with Crippen LogP contribution >= 0.6 is 0 Å². The number of amides is 1. The molecule has 0 spiro atoms. The lowest BCUT2D eigenvalue weighted by Gasteiger charge is -2.26. The number of hydrogen-bond acceptors (Lipinski definition) is 3. The summed E-state index contributed by atoms with van der Waals surface area (Å²) in [5, 5.41) is 0. The Hall–Kier alpha value is -0.610. The van der Waals surface area contributed by atoms with Gasteiger partial charge in [0.25, 0.3) is 0 Å². The first-order chi connectivity index (χ1) is 8.30. The van der Waals surface area contributed by atoms with E-state index in [2.05, 4.69) is 27.7 Å². The second kappa shape index (κ2) is 8.48. The standard InChI is InChI=1S/C14H30N2O2/c1-12(11-14(2,3)4)10-13(17)16(7-6-15)8-9-18-5/h12H,6-11,15H2,1-5H3. The predicted molar refractivity (Wildman–Crippen MR) is 75.4 cm³/mol. The van der Waals surface area contributed by atoms with E-state index in [9.17, 15) is 4.79 Å².